The third-order valence-electron chi connectivity index (χ3n) is 4.35. The van der Waals surface area contributed by atoms with E-state index in [0.717, 1.165) is 24.9 Å². The average Bonchev–Trinajstić information content (AvgIpc) is 3.00. The van der Waals surface area contributed by atoms with Gasteiger partial charge in [-0.15, -0.1) is 0 Å². The van der Waals surface area contributed by atoms with Gasteiger partial charge in [0.15, 0.2) is 0 Å². The molecule has 0 atom stereocenters. The zero-order valence-electron chi connectivity index (χ0n) is 13.1. The highest BCUT2D eigenvalue weighted by Gasteiger charge is 2.43. The summed E-state index contributed by atoms with van der Waals surface area (Å²) >= 11 is 0.841. The summed E-state index contributed by atoms with van der Waals surface area (Å²) in [5.74, 6) is -0.673. The van der Waals surface area contributed by atoms with Crippen molar-refractivity contribution in [1.29, 1.82) is 0 Å². The maximum absolute atomic E-state index is 13.7. The molecule has 9 heteroatoms. The lowest BCUT2D eigenvalue weighted by molar-refractivity contribution is -0.118. The van der Waals surface area contributed by atoms with Crippen LogP contribution in [-0.2, 0) is 4.79 Å². The summed E-state index contributed by atoms with van der Waals surface area (Å²) < 4.78 is 42.6. The predicted molar refractivity (Wildman–Crippen MR) is 88.1 cm³/mol. The monoisotopic (exact) mass is 368 g/mol. The lowest BCUT2D eigenvalue weighted by Gasteiger charge is -2.26. The van der Waals surface area contributed by atoms with Gasteiger partial charge >= 0.3 is 6.18 Å². The number of imidazole rings is 1. The molecule has 0 radical (unpaired) electrons. The molecule has 2 aromatic heterocycles. The van der Waals surface area contributed by atoms with E-state index in [0.29, 0.717) is 23.5 Å². The molecule has 4 rings (SSSR count). The first kappa shape index (κ1) is 16.5. The molecule has 4 heterocycles. The molecule has 0 saturated carbocycles. The van der Waals surface area contributed by atoms with E-state index in [9.17, 15) is 18.0 Å². The molecule has 1 amide bonds. The van der Waals surface area contributed by atoms with E-state index in [4.69, 9.17) is 0 Å². The summed E-state index contributed by atoms with van der Waals surface area (Å²) in [6.07, 6.45) is -2.05. The van der Waals surface area contributed by atoms with E-state index < -0.39 is 17.7 Å². The standard InChI is InChI=1S/C16H15F3N4OS/c17-16(18,19)13-10-8-21-11-2-1-3-12(23(10)11)25-14(13)15(24)22-9-4-6-20-7-5-9/h1-3,8-9,20H,4-7H2,(H,22,24). The number of carbonyl (C=O) groups excluding carboxylic acids is 1. The minimum absolute atomic E-state index is 0.0905. The van der Waals surface area contributed by atoms with Crippen molar-refractivity contribution in [2.45, 2.75) is 30.1 Å². The fourth-order valence-corrected chi connectivity index (χ4v) is 4.30. The zero-order chi connectivity index (χ0) is 17.6. The minimum Gasteiger partial charge on any atom is -0.349 e. The van der Waals surface area contributed by atoms with Crippen LogP contribution in [0.2, 0.25) is 0 Å². The number of pyridine rings is 1. The summed E-state index contributed by atoms with van der Waals surface area (Å²) in [6.45, 7) is 1.49. The second-order valence-corrected chi connectivity index (χ2v) is 7.03. The van der Waals surface area contributed by atoms with Crippen molar-refractivity contribution >= 4 is 28.9 Å². The number of allylic oxidation sites excluding steroid dienone is 1. The lowest BCUT2D eigenvalue weighted by atomic mass is 10.1. The van der Waals surface area contributed by atoms with Gasteiger partial charge < -0.3 is 10.6 Å². The molecule has 2 N–H and O–H groups in total. The van der Waals surface area contributed by atoms with Gasteiger partial charge in [0.05, 0.1) is 21.8 Å². The second kappa shape index (κ2) is 6.06. The fourth-order valence-electron chi connectivity index (χ4n) is 3.19. The minimum atomic E-state index is -4.64. The van der Waals surface area contributed by atoms with Gasteiger partial charge in [-0.2, -0.15) is 13.2 Å². The fraction of sp³-hybridized carbons (Fsp3) is 0.375. The van der Waals surface area contributed by atoms with E-state index in [-0.39, 0.29) is 16.6 Å². The number of aromatic nitrogens is 2. The van der Waals surface area contributed by atoms with Crippen molar-refractivity contribution in [2.24, 2.45) is 0 Å². The quantitative estimate of drug-likeness (QED) is 0.856. The Bertz CT molecular complexity index is 868. The molecule has 0 aromatic carbocycles. The van der Waals surface area contributed by atoms with E-state index in [1.165, 1.54) is 10.6 Å². The van der Waals surface area contributed by atoms with E-state index in [2.05, 4.69) is 15.6 Å². The van der Waals surface area contributed by atoms with Crippen LogP contribution in [0.25, 0.3) is 11.2 Å². The number of hydrogen-bond donors (Lipinski definition) is 2. The number of rotatable bonds is 2. The first-order chi connectivity index (χ1) is 11.9. The number of piperidine rings is 1. The van der Waals surface area contributed by atoms with Crippen molar-refractivity contribution in [1.82, 2.24) is 20.0 Å². The highest BCUT2D eigenvalue weighted by Crippen LogP contribution is 2.46. The van der Waals surface area contributed by atoms with Crippen molar-refractivity contribution < 1.29 is 18.0 Å². The molecule has 132 valence electrons. The highest BCUT2D eigenvalue weighted by atomic mass is 32.2. The van der Waals surface area contributed by atoms with Gasteiger partial charge in [0.2, 0.25) is 0 Å². The van der Waals surface area contributed by atoms with Crippen LogP contribution >= 0.6 is 11.8 Å². The first-order valence-corrected chi connectivity index (χ1v) is 8.74. The highest BCUT2D eigenvalue weighted by molar-refractivity contribution is 8.04. The molecule has 0 spiro atoms. The molecular formula is C16H15F3N4OS. The predicted octanol–water partition coefficient (Wildman–Crippen LogP) is 2.58. The van der Waals surface area contributed by atoms with Crippen LogP contribution in [-0.4, -0.2) is 40.6 Å². The van der Waals surface area contributed by atoms with Gasteiger partial charge in [-0.05, 0) is 38.1 Å². The maximum Gasteiger partial charge on any atom is 0.419 e. The molecule has 0 aliphatic carbocycles. The first-order valence-electron chi connectivity index (χ1n) is 7.93. The third-order valence-corrected chi connectivity index (χ3v) is 5.47. The van der Waals surface area contributed by atoms with Crippen LogP contribution in [0.15, 0.2) is 34.3 Å². The molecule has 2 aromatic rings. The molecule has 2 aliphatic heterocycles. The van der Waals surface area contributed by atoms with Crippen LogP contribution in [0.1, 0.15) is 18.5 Å². The van der Waals surface area contributed by atoms with Gasteiger partial charge in [-0.3, -0.25) is 9.20 Å². The van der Waals surface area contributed by atoms with Crippen molar-refractivity contribution in [3.63, 3.8) is 0 Å². The number of amides is 1. The molecular weight excluding hydrogens is 353 g/mol. The van der Waals surface area contributed by atoms with Crippen LogP contribution in [0.4, 0.5) is 13.2 Å². The summed E-state index contributed by atoms with van der Waals surface area (Å²) in [5.41, 5.74) is -0.581. The summed E-state index contributed by atoms with van der Waals surface area (Å²) in [7, 11) is 0. The van der Waals surface area contributed by atoms with Gasteiger partial charge in [0.25, 0.3) is 5.91 Å². The van der Waals surface area contributed by atoms with E-state index in [1.807, 2.05) is 0 Å². The van der Waals surface area contributed by atoms with Gasteiger partial charge in [0, 0.05) is 6.04 Å². The Kier molecular flexibility index (Phi) is 3.99. The normalized spacial score (nSPS) is 18.7. The maximum atomic E-state index is 13.7. The number of nitrogens with zero attached hydrogens (tertiary/aromatic N) is 2. The molecule has 0 bridgehead atoms. The van der Waals surface area contributed by atoms with E-state index in [1.54, 1.807) is 18.2 Å². The molecule has 0 unspecified atom stereocenters. The number of halogens is 3. The number of carbonyl (C=O) groups is 1. The zero-order valence-corrected chi connectivity index (χ0v) is 13.9. The largest absolute Gasteiger partial charge is 0.419 e. The lowest BCUT2D eigenvalue weighted by Crippen LogP contribution is -2.43. The molecule has 1 fully saturated rings. The average molecular weight is 368 g/mol. The van der Waals surface area contributed by atoms with Crippen molar-refractivity contribution in [3.8, 4) is 0 Å². The topological polar surface area (TPSA) is 58.4 Å². The number of hydrogen-bond acceptors (Lipinski definition) is 4. The summed E-state index contributed by atoms with van der Waals surface area (Å²) in [5, 5.41) is 6.47. The summed E-state index contributed by atoms with van der Waals surface area (Å²) in [6, 6.07) is 4.93. The Morgan fingerprint density at radius 1 is 1.32 bits per heavy atom. The van der Waals surface area contributed by atoms with Gasteiger partial charge in [0.1, 0.15) is 11.2 Å². The van der Waals surface area contributed by atoms with E-state index >= 15 is 0 Å². The Morgan fingerprint density at radius 2 is 2.08 bits per heavy atom. The van der Waals surface area contributed by atoms with Gasteiger partial charge in [-0.25, -0.2) is 4.98 Å². The SMILES string of the molecule is O=C(NC1CCNCC1)C1=C(C(F)(F)F)c2cnc3cccc(n23)S1. The van der Waals surface area contributed by atoms with Crippen molar-refractivity contribution in [2.75, 3.05) is 13.1 Å². The number of alkyl halides is 3. The third kappa shape index (κ3) is 2.91. The summed E-state index contributed by atoms with van der Waals surface area (Å²) in [4.78, 5) is 16.4. The van der Waals surface area contributed by atoms with Crippen molar-refractivity contribution in [3.05, 3.63) is 35.0 Å². The molecule has 1 saturated heterocycles. The van der Waals surface area contributed by atoms with Crippen LogP contribution in [0, 0.1) is 0 Å². The van der Waals surface area contributed by atoms with Crippen LogP contribution < -0.4 is 10.6 Å². The Hall–Kier alpha value is -2.00. The Morgan fingerprint density at radius 3 is 2.80 bits per heavy atom. The number of thioether (sulfide) groups is 1. The Labute approximate surface area is 145 Å². The van der Waals surface area contributed by atoms with Gasteiger partial charge in [-0.1, -0.05) is 17.8 Å². The second-order valence-electron chi connectivity index (χ2n) is 6.00. The number of nitrogens with one attached hydrogen (secondary N) is 2. The smallest absolute Gasteiger partial charge is 0.349 e. The Balaban J connectivity index is 1.77. The molecule has 5 nitrogen and oxygen atoms in total. The molecule has 25 heavy (non-hydrogen) atoms. The molecule has 2 aliphatic rings. The van der Waals surface area contributed by atoms with Crippen LogP contribution in [0.5, 0.6) is 0 Å². The van der Waals surface area contributed by atoms with Crippen LogP contribution in [0.3, 0.4) is 0 Å².